The van der Waals surface area contributed by atoms with Crippen molar-refractivity contribution >= 4 is 17.5 Å². The predicted molar refractivity (Wildman–Crippen MR) is 106 cm³/mol. The number of amides is 2. The fraction of sp³-hybridized carbons (Fsp3) is 0.636. The highest BCUT2D eigenvalue weighted by Crippen LogP contribution is 2.33. The second kappa shape index (κ2) is 8.42. The highest BCUT2D eigenvalue weighted by Gasteiger charge is 2.39. The highest BCUT2D eigenvalue weighted by molar-refractivity contribution is 5.98. The minimum absolute atomic E-state index is 0.0187. The first-order valence-corrected chi connectivity index (χ1v) is 10.6. The minimum atomic E-state index is -0.310. The average Bonchev–Trinajstić information content (AvgIpc) is 3.55. The summed E-state index contributed by atoms with van der Waals surface area (Å²) in [5, 5.41) is 3.15. The number of nitrogens with one attached hydrogen (secondary N) is 1. The average molecular weight is 370 g/mol. The van der Waals surface area contributed by atoms with Gasteiger partial charge in [0.25, 0.3) is 0 Å². The number of piperidine rings is 2. The first-order valence-electron chi connectivity index (χ1n) is 10.6. The number of likely N-dealkylation sites (tertiary alicyclic amines) is 2. The molecule has 2 saturated heterocycles. The van der Waals surface area contributed by atoms with Gasteiger partial charge in [0.2, 0.25) is 11.8 Å². The molecule has 0 aromatic heterocycles. The number of nitrogens with zero attached hydrogens (tertiary/aromatic N) is 2. The zero-order valence-electron chi connectivity index (χ0n) is 16.2. The lowest BCUT2D eigenvalue weighted by Gasteiger charge is -2.35. The summed E-state index contributed by atoms with van der Waals surface area (Å²) in [6.45, 7) is 3.87. The fourth-order valence-electron chi connectivity index (χ4n) is 4.39. The number of rotatable bonds is 5. The maximum absolute atomic E-state index is 13.1. The maximum atomic E-state index is 13.1. The molecule has 2 heterocycles. The molecular formula is C22H31N3O2. The monoisotopic (exact) mass is 369 g/mol. The van der Waals surface area contributed by atoms with E-state index in [-0.39, 0.29) is 23.8 Å². The summed E-state index contributed by atoms with van der Waals surface area (Å²) in [6, 6.07) is 7.81. The zero-order valence-corrected chi connectivity index (χ0v) is 16.2. The first-order chi connectivity index (χ1) is 13.2. The Morgan fingerprint density at radius 2 is 1.67 bits per heavy atom. The van der Waals surface area contributed by atoms with E-state index in [1.165, 1.54) is 24.8 Å². The normalized spacial score (nSPS) is 23.9. The van der Waals surface area contributed by atoms with Gasteiger partial charge in [-0.15, -0.1) is 0 Å². The van der Waals surface area contributed by atoms with Crippen LogP contribution in [0.1, 0.15) is 56.9 Å². The molecule has 3 fully saturated rings. The van der Waals surface area contributed by atoms with Crippen LogP contribution >= 0.6 is 0 Å². The van der Waals surface area contributed by atoms with Crippen molar-refractivity contribution in [2.75, 3.05) is 25.0 Å². The van der Waals surface area contributed by atoms with Crippen molar-refractivity contribution in [3.63, 3.8) is 0 Å². The third-order valence-electron chi connectivity index (χ3n) is 6.13. The van der Waals surface area contributed by atoms with Crippen LogP contribution in [0, 0.1) is 5.92 Å². The van der Waals surface area contributed by atoms with Gasteiger partial charge < -0.3 is 10.2 Å². The summed E-state index contributed by atoms with van der Waals surface area (Å²) in [4.78, 5) is 30.0. The molecule has 1 aromatic carbocycles. The van der Waals surface area contributed by atoms with Crippen LogP contribution in [-0.4, -0.2) is 47.3 Å². The molecule has 1 aromatic rings. The molecule has 3 aliphatic rings. The zero-order chi connectivity index (χ0) is 18.6. The van der Waals surface area contributed by atoms with Gasteiger partial charge in [0.1, 0.15) is 6.04 Å². The molecule has 1 N–H and O–H groups in total. The first kappa shape index (κ1) is 18.5. The lowest BCUT2D eigenvalue weighted by molar-refractivity contribution is -0.141. The smallest absolute Gasteiger partial charge is 0.247 e. The molecule has 0 radical (unpaired) electrons. The van der Waals surface area contributed by atoms with Crippen LogP contribution in [0.25, 0.3) is 0 Å². The Morgan fingerprint density at radius 1 is 0.926 bits per heavy atom. The molecule has 27 heavy (non-hydrogen) atoms. The van der Waals surface area contributed by atoms with Crippen molar-refractivity contribution in [2.24, 2.45) is 5.92 Å². The summed E-state index contributed by atoms with van der Waals surface area (Å²) in [5.41, 5.74) is 2.07. The number of hydrogen-bond acceptors (Lipinski definition) is 3. The van der Waals surface area contributed by atoms with Gasteiger partial charge in [0.05, 0.1) is 0 Å². The van der Waals surface area contributed by atoms with Crippen LogP contribution in [0.3, 0.4) is 0 Å². The van der Waals surface area contributed by atoms with Crippen molar-refractivity contribution in [2.45, 2.75) is 64.0 Å². The van der Waals surface area contributed by atoms with E-state index in [2.05, 4.69) is 16.3 Å². The molecular weight excluding hydrogens is 338 g/mol. The maximum Gasteiger partial charge on any atom is 0.247 e. The molecule has 1 aliphatic carbocycles. The molecule has 1 atom stereocenters. The molecule has 4 rings (SSSR count). The number of hydrogen-bond donors (Lipinski definition) is 1. The van der Waals surface area contributed by atoms with E-state index in [0.29, 0.717) is 0 Å². The van der Waals surface area contributed by atoms with Crippen LogP contribution in [0.4, 0.5) is 5.69 Å². The van der Waals surface area contributed by atoms with Crippen molar-refractivity contribution in [1.82, 2.24) is 9.80 Å². The highest BCUT2D eigenvalue weighted by atomic mass is 16.2. The van der Waals surface area contributed by atoms with Gasteiger partial charge >= 0.3 is 0 Å². The van der Waals surface area contributed by atoms with Gasteiger partial charge in [-0.3, -0.25) is 14.5 Å². The van der Waals surface area contributed by atoms with Gasteiger partial charge in [0, 0.05) is 24.7 Å². The molecule has 2 aliphatic heterocycles. The SMILES string of the molecule is O=C(Nc1ccccc1CN1CCCCC1)C1CCCCN1C(=O)C1CC1. The molecule has 1 saturated carbocycles. The van der Waals surface area contributed by atoms with Crippen LogP contribution in [0.15, 0.2) is 24.3 Å². The summed E-state index contributed by atoms with van der Waals surface area (Å²) < 4.78 is 0. The van der Waals surface area contributed by atoms with Crippen molar-refractivity contribution < 1.29 is 9.59 Å². The molecule has 0 spiro atoms. The van der Waals surface area contributed by atoms with Crippen LogP contribution < -0.4 is 5.32 Å². The van der Waals surface area contributed by atoms with E-state index in [0.717, 1.165) is 64.0 Å². The van der Waals surface area contributed by atoms with Crippen LogP contribution in [0.2, 0.25) is 0 Å². The number of benzene rings is 1. The molecule has 5 nitrogen and oxygen atoms in total. The Labute approximate surface area is 162 Å². The summed E-state index contributed by atoms with van der Waals surface area (Å²) in [5.74, 6) is 0.344. The largest absolute Gasteiger partial charge is 0.330 e. The van der Waals surface area contributed by atoms with E-state index in [9.17, 15) is 9.59 Å². The predicted octanol–water partition coefficient (Wildman–Crippen LogP) is 3.40. The van der Waals surface area contributed by atoms with Gasteiger partial charge in [-0.05, 0) is 69.7 Å². The Kier molecular flexibility index (Phi) is 5.77. The van der Waals surface area contributed by atoms with E-state index >= 15 is 0 Å². The molecule has 146 valence electrons. The minimum Gasteiger partial charge on any atom is -0.330 e. The van der Waals surface area contributed by atoms with E-state index in [1.54, 1.807) is 0 Å². The third kappa shape index (κ3) is 4.52. The lowest BCUT2D eigenvalue weighted by Crippen LogP contribution is -2.50. The molecule has 0 bridgehead atoms. The molecule has 1 unspecified atom stereocenters. The topological polar surface area (TPSA) is 52.7 Å². The number of anilines is 1. The van der Waals surface area contributed by atoms with Crippen molar-refractivity contribution in [3.05, 3.63) is 29.8 Å². The van der Waals surface area contributed by atoms with Gasteiger partial charge in [0.15, 0.2) is 0 Å². The fourth-order valence-corrected chi connectivity index (χ4v) is 4.39. The summed E-state index contributed by atoms with van der Waals surface area (Å²) in [6.07, 6.45) is 8.62. The third-order valence-corrected chi connectivity index (χ3v) is 6.13. The van der Waals surface area contributed by atoms with Gasteiger partial charge in [-0.2, -0.15) is 0 Å². The lowest BCUT2D eigenvalue weighted by atomic mass is 10.00. The Morgan fingerprint density at radius 3 is 2.44 bits per heavy atom. The Bertz CT molecular complexity index is 680. The Balaban J connectivity index is 1.44. The van der Waals surface area contributed by atoms with Gasteiger partial charge in [-0.25, -0.2) is 0 Å². The number of carbonyl (C=O) groups excluding carboxylic acids is 2. The van der Waals surface area contributed by atoms with Crippen molar-refractivity contribution in [1.29, 1.82) is 0 Å². The standard InChI is InChI=1S/C22H31N3O2/c26-21(20-10-4-7-15-25(20)22(27)17-11-12-17)23-19-9-3-2-8-18(19)16-24-13-5-1-6-14-24/h2-3,8-9,17,20H,1,4-7,10-16H2,(H,23,26). The van der Waals surface area contributed by atoms with Gasteiger partial charge in [-0.1, -0.05) is 24.6 Å². The molecule has 2 amide bonds. The Hall–Kier alpha value is -1.88. The second-order valence-corrected chi connectivity index (χ2v) is 8.30. The second-order valence-electron chi connectivity index (χ2n) is 8.30. The van der Waals surface area contributed by atoms with Crippen LogP contribution in [-0.2, 0) is 16.1 Å². The quantitative estimate of drug-likeness (QED) is 0.865. The van der Waals surface area contributed by atoms with E-state index in [4.69, 9.17) is 0 Å². The molecule has 5 heteroatoms. The van der Waals surface area contributed by atoms with Crippen LogP contribution in [0.5, 0.6) is 0 Å². The van der Waals surface area contributed by atoms with E-state index < -0.39 is 0 Å². The number of para-hydroxylation sites is 1. The number of carbonyl (C=O) groups is 2. The summed E-state index contributed by atoms with van der Waals surface area (Å²) in [7, 11) is 0. The summed E-state index contributed by atoms with van der Waals surface area (Å²) >= 11 is 0. The van der Waals surface area contributed by atoms with E-state index in [1.807, 2.05) is 23.1 Å². The van der Waals surface area contributed by atoms with Crippen molar-refractivity contribution in [3.8, 4) is 0 Å².